The van der Waals surface area contributed by atoms with E-state index in [1.165, 1.54) is 13.2 Å². The Bertz CT molecular complexity index is 939. The summed E-state index contributed by atoms with van der Waals surface area (Å²) in [5.74, 6) is -0.0944. The number of methoxy groups -OCH3 is 1. The van der Waals surface area contributed by atoms with Gasteiger partial charge in [-0.05, 0) is 43.2 Å². The van der Waals surface area contributed by atoms with E-state index in [9.17, 15) is 4.39 Å². The molecule has 0 atom stereocenters. The molecule has 1 N–H and O–H groups in total. The monoisotopic (exact) mass is 387 g/mol. The zero-order chi connectivity index (χ0) is 19.4. The molecule has 0 aliphatic carbocycles. The van der Waals surface area contributed by atoms with Crippen LogP contribution in [0.5, 0.6) is 5.75 Å². The number of nitrogens with zero attached hydrogens (tertiary/aromatic N) is 2. The Hall–Kier alpha value is -2.37. The molecule has 0 spiro atoms. The molecule has 3 rings (SSSR count). The highest BCUT2D eigenvalue weighted by atomic mass is 35.5. The van der Waals surface area contributed by atoms with Crippen LogP contribution >= 0.6 is 11.6 Å². The second-order valence-electron chi connectivity index (χ2n) is 6.47. The first-order chi connectivity index (χ1) is 13.0. The molecule has 0 radical (unpaired) electrons. The maximum absolute atomic E-state index is 13.8. The first kappa shape index (κ1) is 19.4. The molecule has 0 bridgehead atoms. The fourth-order valence-electron chi connectivity index (χ4n) is 3.08. The van der Waals surface area contributed by atoms with Crippen LogP contribution in [-0.2, 0) is 19.6 Å². The molecule has 0 unspecified atom stereocenters. The summed E-state index contributed by atoms with van der Waals surface area (Å²) in [4.78, 5) is 0. The lowest BCUT2D eigenvalue weighted by molar-refractivity contribution is 0.386. The summed E-state index contributed by atoms with van der Waals surface area (Å²) >= 11 is 6.27. The fraction of sp³-hybridized carbons (Fsp3) is 0.286. The van der Waals surface area contributed by atoms with Crippen molar-refractivity contribution in [3.8, 4) is 5.75 Å². The molecule has 1 heterocycles. The summed E-state index contributed by atoms with van der Waals surface area (Å²) in [6.07, 6.45) is 0. The molecule has 4 nitrogen and oxygen atoms in total. The first-order valence-corrected chi connectivity index (χ1v) is 9.16. The summed E-state index contributed by atoms with van der Waals surface area (Å²) in [6.45, 7) is 5.92. The summed E-state index contributed by atoms with van der Waals surface area (Å²) in [6, 6.07) is 12.8. The number of nitrogens with one attached hydrogen (secondary N) is 1. The maximum Gasteiger partial charge on any atom is 0.165 e. The second-order valence-corrected chi connectivity index (χ2v) is 6.88. The summed E-state index contributed by atoms with van der Waals surface area (Å²) in [5, 5.41) is 8.76. The van der Waals surface area contributed by atoms with Crippen LogP contribution in [0.25, 0.3) is 0 Å². The highest BCUT2D eigenvalue weighted by Gasteiger charge is 2.12. The molecule has 1 aromatic heterocycles. The van der Waals surface area contributed by atoms with Gasteiger partial charge in [0, 0.05) is 29.4 Å². The van der Waals surface area contributed by atoms with Gasteiger partial charge in [0.2, 0.25) is 0 Å². The van der Waals surface area contributed by atoms with Crippen molar-refractivity contribution in [3.05, 3.63) is 81.4 Å². The van der Waals surface area contributed by atoms with Crippen molar-refractivity contribution >= 4 is 11.6 Å². The standard InChI is InChI=1S/C21H23ClFN3O/c1-14-18(12-24-11-16-8-9-21(27-3)20(23)10-16)15(2)26(25-14)13-17-6-4-5-7-19(17)22/h4-10,24H,11-13H2,1-3H3. The van der Waals surface area contributed by atoms with E-state index in [0.717, 1.165) is 33.1 Å². The van der Waals surface area contributed by atoms with Gasteiger partial charge in [0.15, 0.2) is 11.6 Å². The van der Waals surface area contributed by atoms with E-state index in [0.29, 0.717) is 19.6 Å². The Kier molecular flexibility index (Phi) is 6.14. The molecule has 0 aliphatic rings. The number of aromatic nitrogens is 2. The van der Waals surface area contributed by atoms with Crippen LogP contribution in [0.2, 0.25) is 5.02 Å². The van der Waals surface area contributed by atoms with Gasteiger partial charge in [0.25, 0.3) is 0 Å². The minimum absolute atomic E-state index is 0.256. The van der Waals surface area contributed by atoms with Gasteiger partial charge in [-0.15, -0.1) is 0 Å². The molecule has 0 fully saturated rings. The van der Waals surface area contributed by atoms with E-state index in [1.54, 1.807) is 6.07 Å². The first-order valence-electron chi connectivity index (χ1n) is 8.79. The van der Waals surface area contributed by atoms with E-state index in [-0.39, 0.29) is 11.6 Å². The Morgan fingerprint density at radius 2 is 1.93 bits per heavy atom. The molecule has 142 valence electrons. The number of halogens is 2. The van der Waals surface area contributed by atoms with Gasteiger partial charge < -0.3 is 10.1 Å². The van der Waals surface area contributed by atoms with Crippen molar-refractivity contribution in [2.75, 3.05) is 7.11 Å². The largest absolute Gasteiger partial charge is 0.494 e. The zero-order valence-corrected chi connectivity index (χ0v) is 16.5. The molecule has 6 heteroatoms. The van der Waals surface area contributed by atoms with Crippen LogP contribution in [0.3, 0.4) is 0 Å². The van der Waals surface area contributed by atoms with Crippen molar-refractivity contribution in [1.29, 1.82) is 0 Å². The predicted octanol–water partition coefficient (Wildman–Crippen LogP) is 4.64. The number of benzene rings is 2. The van der Waals surface area contributed by atoms with Crippen LogP contribution in [-0.4, -0.2) is 16.9 Å². The van der Waals surface area contributed by atoms with E-state index in [2.05, 4.69) is 17.3 Å². The Labute approximate surface area is 163 Å². The maximum atomic E-state index is 13.8. The highest BCUT2D eigenvalue weighted by Crippen LogP contribution is 2.20. The van der Waals surface area contributed by atoms with Crippen LogP contribution in [0, 0.1) is 19.7 Å². The molecule has 3 aromatic rings. The summed E-state index contributed by atoms with van der Waals surface area (Å²) in [7, 11) is 1.46. The minimum Gasteiger partial charge on any atom is -0.494 e. The van der Waals surface area contributed by atoms with Gasteiger partial charge >= 0.3 is 0 Å². The zero-order valence-electron chi connectivity index (χ0n) is 15.7. The van der Waals surface area contributed by atoms with Gasteiger partial charge in [-0.1, -0.05) is 35.9 Å². The minimum atomic E-state index is -0.350. The molecule has 27 heavy (non-hydrogen) atoms. The Morgan fingerprint density at radius 3 is 2.63 bits per heavy atom. The van der Waals surface area contributed by atoms with E-state index in [4.69, 9.17) is 16.3 Å². The smallest absolute Gasteiger partial charge is 0.165 e. The quantitative estimate of drug-likeness (QED) is 0.642. The molecular formula is C21H23ClFN3O. The normalized spacial score (nSPS) is 11.0. The third-order valence-corrected chi connectivity index (χ3v) is 5.03. The van der Waals surface area contributed by atoms with Gasteiger partial charge in [-0.2, -0.15) is 5.10 Å². The molecule has 0 aliphatic heterocycles. The average Bonchev–Trinajstić information content (AvgIpc) is 2.91. The summed E-state index contributed by atoms with van der Waals surface area (Å²) < 4.78 is 20.7. The molecule has 0 saturated heterocycles. The number of aryl methyl sites for hydroxylation is 1. The Morgan fingerprint density at radius 1 is 1.15 bits per heavy atom. The van der Waals surface area contributed by atoms with Crippen LogP contribution in [0.4, 0.5) is 4.39 Å². The lowest BCUT2D eigenvalue weighted by atomic mass is 10.1. The third-order valence-electron chi connectivity index (χ3n) is 4.66. The number of hydrogen-bond acceptors (Lipinski definition) is 3. The average molecular weight is 388 g/mol. The number of ether oxygens (including phenoxy) is 1. The van der Waals surface area contributed by atoms with Crippen LogP contribution in [0.15, 0.2) is 42.5 Å². The van der Waals surface area contributed by atoms with Crippen LogP contribution in [0.1, 0.15) is 28.1 Å². The lowest BCUT2D eigenvalue weighted by Crippen LogP contribution is -2.14. The van der Waals surface area contributed by atoms with Gasteiger partial charge in [0.1, 0.15) is 0 Å². The predicted molar refractivity (Wildman–Crippen MR) is 106 cm³/mol. The number of hydrogen-bond donors (Lipinski definition) is 1. The molecule has 2 aromatic carbocycles. The fourth-order valence-corrected chi connectivity index (χ4v) is 3.28. The van der Waals surface area contributed by atoms with Crippen molar-refractivity contribution in [1.82, 2.24) is 15.1 Å². The van der Waals surface area contributed by atoms with Crippen molar-refractivity contribution < 1.29 is 9.13 Å². The molecular weight excluding hydrogens is 365 g/mol. The van der Waals surface area contributed by atoms with Crippen molar-refractivity contribution in [2.45, 2.75) is 33.5 Å². The lowest BCUT2D eigenvalue weighted by Gasteiger charge is -2.09. The van der Waals surface area contributed by atoms with Gasteiger partial charge in [0.05, 0.1) is 19.3 Å². The highest BCUT2D eigenvalue weighted by molar-refractivity contribution is 6.31. The van der Waals surface area contributed by atoms with Gasteiger partial charge in [-0.3, -0.25) is 4.68 Å². The SMILES string of the molecule is COc1ccc(CNCc2c(C)nn(Cc3ccccc3Cl)c2C)cc1F. The second kappa shape index (κ2) is 8.55. The van der Waals surface area contributed by atoms with Crippen molar-refractivity contribution in [3.63, 3.8) is 0 Å². The van der Waals surface area contributed by atoms with Crippen molar-refractivity contribution in [2.24, 2.45) is 0 Å². The molecule has 0 saturated carbocycles. The third kappa shape index (κ3) is 4.49. The van der Waals surface area contributed by atoms with Crippen LogP contribution < -0.4 is 10.1 Å². The van der Waals surface area contributed by atoms with E-state index < -0.39 is 0 Å². The summed E-state index contributed by atoms with van der Waals surface area (Å²) in [5.41, 5.74) is 5.13. The van der Waals surface area contributed by atoms with E-state index in [1.807, 2.05) is 41.9 Å². The number of rotatable bonds is 7. The van der Waals surface area contributed by atoms with Gasteiger partial charge in [-0.25, -0.2) is 4.39 Å². The Balaban J connectivity index is 1.66. The molecule has 0 amide bonds. The topological polar surface area (TPSA) is 39.1 Å². The van der Waals surface area contributed by atoms with E-state index >= 15 is 0 Å².